The van der Waals surface area contributed by atoms with Gasteiger partial charge in [-0.05, 0) is 48.9 Å². The molecule has 4 nitrogen and oxygen atoms in total. The van der Waals surface area contributed by atoms with E-state index in [-0.39, 0.29) is 30.2 Å². The number of nitrogens with zero attached hydrogens (tertiary/aromatic N) is 1. The lowest BCUT2D eigenvalue weighted by molar-refractivity contribution is -0.235. The first kappa shape index (κ1) is 21.6. The van der Waals surface area contributed by atoms with Crippen LogP contribution in [0.5, 0.6) is 0 Å². The number of carbonyl (C=O) groups is 1. The number of benzene rings is 1. The second kappa shape index (κ2) is 7.94. The molecule has 2 radical (unpaired) electrons. The highest BCUT2D eigenvalue weighted by Crippen LogP contribution is 2.49. The van der Waals surface area contributed by atoms with Gasteiger partial charge in [0.25, 0.3) is 0 Å². The van der Waals surface area contributed by atoms with E-state index in [1.165, 1.54) is 33.3 Å². The van der Waals surface area contributed by atoms with Crippen LogP contribution in [0.3, 0.4) is 0 Å². The summed E-state index contributed by atoms with van der Waals surface area (Å²) in [6.07, 6.45) is -2.74. The van der Waals surface area contributed by atoms with Crippen molar-refractivity contribution in [1.29, 1.82) is 0 Å². The lowest BCUT2D eigenvalue weighted by Crippen LogP contribution is -2.62. The van der Waals surface area contributed by atoms with Crippen LogP contribution in [0.2, 0.25) is 0 Å². The standard InChI is InChI=1S/C19H23F4N2O2.Al/c1-27-16(19(21,22)23)17(26)25-10-7-18(8-11-25)6-9-24-12-15(18)13-2-4-14(20)5-3-13;/h2-5,15,24H,6-12H2,1H3;. The normalized spacial score (nSPS) is 24.8. The number of nitrogens with one attached hydrogen (secondary N) is 1. The summed E-state index contributed by atoms with van der Waals surface area (Å²) >= 11 is 1.53. The van der Waals surface area contributed by atoms with Crippen molar-refractivity contribution in [1.82, 2.24) is 10.2 Å². The Balaban J connectivity index is 1.77. The maximum atomic E-state index is 13.3. The number of methoxy groups -OCH3 is 1. The minimum atomic E-state index is -4.82. The van der Waals surface area contributed by atoms with Gasteiger partial charge in [-0.3, -0.25) is 4.79 Å². The topological polar surface area (TPSA) is 41.6 Å². The molecule has 152 valence electrons. The molecule has 2 fully saturated rings. The molecule has 28 heavy (non-hydrogen) atoms. The molecule has 0 aromatic heterocycles. The number of likely N-dealkylation sites (tertiary alicyclic amines) is 1. The number of hydrogen-bond acceptors (Lipinski definition) is 3. The summed E-state index contributed by atoms with van der Waals surface area (Å²) in [6.45, 7) is 2.03. The third-order valence-electron chi connectivity index (χ3n) is 6.27. The molecule has 2 aliphatic heterocycles. The first-order valence-electron chi connectivity index (χ1n) is 9.29. The molecule has 1 spiro atoms. The van der Waals surface area contributed by atoms with Crippen LogP contribution in [0.25, 0.3) is 0 Å². The van der Waals surface area contributed by atoms with Gasteiger partial charge in [0.1, 0.15) is 5.82 Å². The SMILES string of the molecule is CO[C@]([Al])(C(=O)N1CCC2(CCNCC2c2ccc(F)cc2)CC1)C(F)(F)F. The second-order valence-corrected chi connectivity index (χ2v) is 8.46. The zero-order valence-electron chi connectivity index (χ0n) is 15.7. The maximum absolute atomic E-state index is 13.3. The molecule has 0 bridgehead atoms. The van der Waals surface area contributed by atoms with Gasteiger partial charge >= 0.3 is 6.18 Å². The summed E-state index contributed by atoms with van der Waals surface area (Å²) in [4.78, 5) is 13.8. The molecule has 2 heterocycles. The number of carbonyl (C=O) groups excluding carboxylic acids is 1. The molecule has 2 atom stereocenters. The van der Waals surface area contributed by atoms with Crippen molar-refractivity contribution in [2.24, 2.45) is 5.41 Å². The Morgan fingerprint density at radius 2 is 1.82 bits per heavy atom. The van der Waals surface area contributed by atoms with Gasteiger partial charge in [0, 0.05) is 32.7 Å². The quantitative estimate of drug-likeness (QED) is 0.611. The number of halogens is 4. The van der Waals surface area contributed by atoms with Gasteiger partial charge in [0.05, 0.1) is 0 Å². The van der Waals surface area contributed by atoms with Gasteiger partial charge in [-0.25, -0.2) is 4.39 Å². The highest BCUT2D eigenvalue weighted by atomic mass is 27.0. The fraction of sp³-hybridized carbons (Fsp3) is 0.632. The third-order valence-corrected chi connectivity index (χ3v) is 7.08. The van der Waals surface area contributed by atoms with E-state index < -0.39 is 16.5 Å². The van der Waals surface area contributed by atoms with E-state index in [0.29, 0.717) is 12.8 Å². The van der Waals surface area contributed by atoms with Gasteiger partial charge in [-0.1, -0.05) is 12.1 Å². The van der Waals surface area contributed by atoms with E-state index >= 15 is 0 Å². The summed E-state index contributed by atoms with van der Waals surface area (Å²) in [5.41, 5.74) is 0.898. The predicted molar refractivity (Wildman–Crippen MR) is 96.4 cm³/mol. The summed E-state index contributed by atoms with van der Waals surface area (Å²) in [6, 6.07) is 6.41. The van der Waals surface area contributed by atoms with Crippen LogP contribution >= 0.6 is 0 Å². The zero-order chi connectivity index (χ0) is 20.6. The minimum absolute atomic E-state index is 0.116. The lowest BCUT2D eigenvalue weighted by Gasteiger charge is -2.50. The average Bonchev–Trinajstić information content (AvgIpc) is 2.68. The molecule has 1 amide bonds. The van der Waals surface area contributed by atoms with Crippen molar-refractivity contribution >= 4 is 22.2 Å². The average molecular weight is 414 g/mol. The van der Waals surface area contributed by atoms with Crippen molar-refractivity contribution in [2.45, 2.75) is 35.8 Å². The zero-order valence-corrected chi connectivity index (χ0v) is 16.8. The molecule has 1 N–H and O–H groups in total. The van der Waals surface area contributed by atoms with Crippen LogP contribution < -0.4 is 5.32 Å². The Kier molecular flexibility index (Phi) is 6.12. The first-order chi connectivity index (χ1) is 13.1. The molecule has 3 rings (SSSR count). The number of amides is 1. The number of rotatable bonds is 3. The summed E-state index contributed by atoms with van der Waals surface area (Å²) in [5.74, 6) is -1.25. The van der Waals surface area contributed by atoms with Crippen LogP contribution in [-0.2, 0) is 9.53 Å². The molecule has 2 saturated heterocycles. The molecular formula is C19H23AlF4N2O2. The van der Waals surface area contributed by atoms with Crippen molar-refractivity contribution in [3.05, 3.63) is 35.6 Å². The monoisotopic (exact) mass is 414 g/mol. The number of ether oxygens (including phenoxy) is 1. The molecule has 9 heteroatoms. The second-order valence-electron chi connectivity index (χ2n) is 7.65. The van der Waals surface area contributed by atoms with E-state index in [9.17, 15) is 22.4 Å². The van der Waals surface area contributed by atoms with Crippen molar-refractivity contribution in [3.8, 4) is 0 Å². The number of hydrogen-bond donors (Lipinski definition) is 1. The van der Waals surface area contributed by atoms with Crippen molar-refractivity contribution in [3.63, 3.8) is 0 Å². The Bertz CT molecular complexity index is 705. The summed E-state index contributed by atoms with van der Waals surface area (Å²) in [5, 5.41) is 3.36. The summed E-state index contributed by atoms with van der Waals surface area (Å²) < 4.78 is 55.0. The molecule has 1 aromatic rings. The Hall–Kier alpha value is -1.14. The highest BCUT2D eigenvalue weighted by molar-refractivity contribution is 6.28. The Morgan fingerprint density at radius 1 is 1.21 bits per heavy atom. The number of piperidine rings is 2. The van der Waals surface area contributed by atoms with Crippen molar-refractivity contribution < 1.29 is 27.1 Å². The highest BCUT2D eigenvalue weighted by Gasteiger charge is 2.57. The third kappa shape index (κ3) is 3.82. The fourth-order valence-corrected chi connectivity index (χ4v) is 4.64. The van der Waals surface area contributed by atoms with Gasteiger partial charge in [0.2, 0.25) is 22.2 Å². The summed E-state index contributed by atoms with van der Waals surface area (Å²) in [7, 11) is 0.890. The van der Waals surface area contributed by atoms with Gasteiger partial charge in [-0.15, -0.1) is 0 Å². The Labute approximate surface area is 170 Å². The lowest BCUT2D eigenvalue weighted by atomic mass is 9.62. The van der Waals surface area contributed by atoms with Crippen LogP contribution in [0.1, 0.15) is 30.7 Å². The fourth-order valence-electron chi connectivity index (χ4n) is 4.45. The van der Waals surface area contributed by atoms with Crippen LogP contribution in [0.4, 0.5) is 17.6 Å². The molecule has 2 aliphatic rings. The Morgan fingerprint density at radius 3 is 2.36 bits per heavy atom. The van der Waals surface area contributed by atoms with Crippen molar-refractivity contribution in [2.75, 3.05) is 33.3 Å². The van der Waals surface area contributed by atoms with Gasteiger partial charge < -0.3 is 15.0 Å². The smallest absolute Gasteiger partial charge is 0.378 e. The molecular weight excluding hydrogens is 391 g/mol. The van der Waals surface area contributed by atoms with Crippen LogP contribution in [-0.4, -0.2) is 71.0 Å². The predicted octanol–water partition coefficient (Wildman–Crippen LogP) is 2.58. The molecule has 1 aromatic carbocycles. The first-order valence-corrected chi connectivity index (χ1v) is 9.87. The van der Waals surface area contributed by atoms with Crippen LogP contribution in [0, 0.1) is 11.2 Å². The largest absolute Gasteiger partial charge is 0.409 e. The molecule has 0 aliphatic carbocycles. The van der Waals surface area contributed by atoms with Crippen LogP contribution in [0.15, 0.2) is 24.3 Å². The molecule has 1 unspecified atom stereocenters. The van der Waals surface area contributed by atoms with Gasteiger partial charge in [-0.2, -0.15) is 13.2 Å². The maximum Gasteiger partial charge on any atom is 0.409 e. The van der Waals surface area contributed by atoms with E-state index in [0.717, 1.165) is 32.2 Å². The molecule has 0 saturated carbocycles. The van der Waals surface area contributed by atoms with E-state index in [2.05, 4.69) is 10.1 Å². The van der Waals surface area contributed by atoms with E-state index in [1.807, 2.05) is 0 Å². The number of alkyl halides is 3. The van der Waals surface area contributed by atoms with E-state index in [1.54, 1.807) is 12.1 Å². The minimum Gasteiger partial charge on any atom is -0.378 e. The van der Waals surface area contributed by atoms with E-state index in [4.69, 9.17) is 0 Å². The van der Waals surface area contributed by atoms with Gasteiger partial charge in [0.15, 0.2) is 4.46 Å².